The number of hydrogen-bond donors (Lipinski definition) is 2. The van der Waals surface area contributed by atoms with Crippen molar-refractivity contribution in [3.05, 3.63) is 29.8 Å². The number of urea groups is 1. The second kappa shape index (κ2) is 5.89. The Morgan fingerprint density at radius 3 is 2.53 bits per heavy atom. The second-order valence-corrected chi connectivity index (χ2v) is 3.66. The van der Waals surface area contributed by atoms with Crippen LogP contribution in [0.1, 0.15) is 12.5 Å². The van der Waals surface area contributed by atoms with E-state index in [9.17, 15) is 9.59 Å². The van der Waals surface area contributed by atoms with Crippen LogP contribution in [-0.2, 0) is 9.53 Å². The highest BCUT2D eigenvalue weighted by Gasteiger charge is 2.15. The standard InChI is InChI=1S/C12H16N2O3/c1-8-6-4-5-7-10(8)14-12(16)13-9(2)11(15)17-3/h4-7,9H,1-3H3,(H2,13,14,16)/t9-/m0/s1. The number of anilines is 1. The first-order valence-corrected chi connectivity index (χ1v) is 5.25. The molecule has 0 heterocycles. The van der Waals surface area contributed by atoms with Gasteiger partial charge in [0.1, 0.15) is 6.04 Å². The van der Waals surface area contributed by atoms with Gasteiger partial charge in [-0.15, -0.1) is 0 Å². The van der Waals surface area contributed by atoms with Crippen LogP contribution < -0.4 is 10.6 Å². The van der Waals surface area contributed by atoms with Gasteiger partial charge < -0.3 is 15.4 Å². The molecular formula is C12H16N2O3. The van der Waals surface area contributed by atoms with Crippen LogP contribution in [0.4, 0.5) is 10.5 Å². The molecule has 92 valence electrons. The van der Waals surface area contributed by atoms with Gasteiger partial charge in [-0.2, -0.15) is 0 Å². The van der Waals surface area contributed by atoms with Gasteiger partial charge in [-0.3, -0.25) is 0 Å². The molecule has 5 nitrogen and oxygen atoms in total. The molecule has 2 amide bonds. The molecule has 1 aromatic rings. The summed E-state index contributed by atoms with van der Waals surface area (Å²) >= 11 is 0. The van der Waals surface area contributed by atoms with Crippen molar-refractivity contribution in [2.24, 2.45) is 0 Å². The number of ether oxygens (including phenoxy) is 1. The topological polar surface area (TPSA) is 67.4 Å². The van der Waals surface area contributed by atoms with Crippen molar-refractivity contribution in [2.45, 2.75) is 19.9 Å². The number of methoxy groups -OCH3 is 1. The summed E-state index contributed by atoms with van der Waals surface area (Å²) in [6.45, 7) is 3.45. The van der Waals surface area contributed by atoms with E-state index in [1.54, 1.807) is 13.0 Å². The summed E-state index contributed by atoms with van der Waals surface area (Å²) in [6.07, 6.45) is 0. The summed E-state index contributed by atoms with van der Waals surface area (Å²) in [5, 5.41) is 5.14. The molecule has 1 atom stereocenters. The van der Waals surface area contributed by atoms with Crippen molar-refractivity contribution in [1.29, 1.82) is 0 Å². The molecule has 0 fully saturated rings. The van der Waals surface area contributed by atoms with Crippen molar-refractivity contribution in [3.63, 3.8) is 0 Å². The van der Waals surface area contributed by atoms with Gasteiger partial charge in [0.05, 0.1) is 7.11 Å². The quantitative estimate of drug-likeness (QED) is 0.784. The van der Waals surface area contributed by atoms with Crippen LogP contribution in [-0.4, -0.2) is 25.2 Å². The smallest absolute Gasteiger partial charge is 0.328 e. The normalized spacial score (nSPS) is 11.5. The van der Waals surface area contributed by atoms with E-state index in [2.05, 4.69) is 15.4 Å². The first-order chi connectivity index (χ1) is 8.04. The lowest BCUT2D eigenvalue weighted by Crippen LogP contribution is -2.41. The third-order valence-electron chi connectivity index (χ3n) is 2.30. The molecule has 0 unspecified atom stereocenters. The zero-order valence-electron chi connectivity index (χ0n) is 10.1. The number of rotatable bonds is 3. The zero-order chi connectivity index (χ0) is 12.8. The molecule has 0 aliphatic rings. The van der Waals surface area contributed by atoms with Gasteiger partial charge in [-0.1, -0.05) is 18.2 Å². The van der Waals surface area contributed by atoms with Gasteiger partial charge in [-0.05, 0) is 25.5 Å². The Labute approximate surface area is 100 Å². The fourth-order valence-corrected chi connectivity index (χ4v) is 1.30. The summed E-state index contributed by atoms with van der Waals surface area (Å²) in [7, 11) is 1.28. The van der Waals surface area contributed by atoms with Crippen LogP contribution in [0.3, 0.4) is 0 Å². The van der Waals surface area contributed by atoms with Crippen molar-refractivity contribution < 1.29 is 14.3 Å². The van der Waals surface area contributed by atoms with Gasteiger partial charge in [-0.25, -0.2) is 9.59 Å². The van der Waals surface area contributed by atoms with Crippen molar-refractivity contribution in [3.8, 4) is 0 Å². The number of carbonyl (C=O) groups excluding carboxylic acids is 2. The Morgan fingerprint density at radius 2 is 1.94 bits per heavy atom. The summed E-state index contributed by atoms with van der Waals surface area (Å²) in [5.41, 5.74) is 1.66. The van der Waals surface area contributed by atoms with E-state index in [4.69, 9.17) is 0 Å². The molecule has 0 spiro atoms. The Balaban J connectivity index is 2.56. The Morgan fingerprint density at radius 1 is 1.29 bits per heavy atom. The van der Waals surface area contributed by atoms with E-state index in [0.29, 0.717) is 5.69 Å². The molecule has 0 aliphatic heterocycles. The molecular weight excluding hydrogens is 220 g/mol. The van der Waals surface area contributed by atoms with E-state index in [1.807, 2.05) is 25.1 Å². The zero-order valence-corrected chi connectivity index (χ0v) is 10.1. The molecule has 2 N–H and O–H groups in total. The monoisotopic (exact) mass is 236 g/mol. The van der Waals surface area contributed by atoms with E-state index >= 15 is 0 Å². The molecule has 1 aromatic carbocycles. The largest absolute Gasteiger partial charge is 0.467 e. The number of esters is 1. The molecule has 0 aliphatic carbocycles. The molecule has 0 bridgehead atoms. The highest BCUT2D eigenvalue weighted by Crippen LogP contribution is 2.12. The van der Waals surface area contributed by atoms with Gasteiger partial charge >= 0.3 is 12.0 Å². The Kier molecular flexibility index (Phi) is 4.51. The van der Waals surface area contributed by atoms with E-state index in [-0.39, 0.29) is 0 Å². The number of carbonyl (C=O) groups is 2. The average Bonchev–Trinajstić information content (AvgIpc) is 2.31. The van der Waals surface area contributed by atoms with Crippen molar-refractivity contribution in [1.82, 2.24) is 5.32 Å². The summed E-state index contributed by atoms with van der Waals surface area (Å²) < 4.78 is 4.51. The fraction of sp³-hybridized carbons (Fsp3) is 0.333. The number of nitrogens with one attached hydrogen (secondary N) is 2. The predicted octanol–water partition coefficient (Wildman–Crippen LogP) is 1.68. The Hall–Kier alpha value is -2.04. The van der Waals surface area contributed by atoms with Crippen molar-refractivity contribution >= 4 is 17.7 Å². The molecule has 5 heteroatoms. The van der Waals surface area contributed by atoms with Crippen LogP contribution in [0.2, 0.25) is 0 Å². The minimum absolute atomic E-state index is 0.433. The molecule has 0 saturated heterocycles. The molecule has 17 heavy (non-hydrogen) atoms. The predicted molar refractivity (Wildman–Crippen MR) is 64.8 cm³/mol. The van der Waals surface area contributed by atoms with Crippen LogP contribution in [0.5, 0.6) is 0 Å². The summed E-state index contributed by atoms with van der Waals surface area (Å²) in [6, 6.07) is 6.28. The third kappa shape index (κ3) is 3.79. The number of benzene rings is 1. The lowest BCUT2D eigenvalue weighted by atomic mass is 10.2. The maximum Gasteiger partial charge on any atom is 0.328 e. The number of aryl methyl sites for hydroxylation is 1. The highest BCUT2D eigenvalue weighted by molar-refractivity contribution is 5.92. The lowest BCUT2D eigenvalue weighted by molar-refractivity contribution is -0.142. The van der Waals surface area contributed by atoms with Crippen molar-refractivity contribution in [2.75, 3.05) is 12.4 Å². The van der Waals surface area contributed by atoms with Crippen LogP contribution in [0, 0.1) is 6.92 Å². The summed E-state index contributed by atoms with van der Waals surface area (Å²) in [4.78, 5) is 22.7. The second-order valence-electron chi connectivity index (χ2n) is 3.66. The van der Waals surface area contributed by atoms with Crippen LogP contribution >= 0.6 is 0 Å². The van der Waals surface area contributed by atoms with Gasteiger partial charge in [0, 0.05) is 5.69 Å². The fourth-order valence-electron chi connectivity index (χ4n) is 1.30. The highest BCUT2D eigenvalue weighted by atomic mass is 16.5. The Bertz CT molecular complexity index is 418. The van der Waals surface area contributed by atoms with E-state index in [0.717, 1.165) is 5.56 Å². The molecule has 0 radical (unpaired) electrons. The van der Waals surface area contributed by atoms with Gasteiger partial charge in [0.25, 0.3) is 0 Å². The van der Waals surface area contributed by atoms with E-state index < -0.39 is 18.0 Å². The number of para-hydroxylation sites is 1. The van der Waals surface area contributed by atoms with Gasteiger partial charge in [0.15, 0.2) is 0 Å². The molecule has 0 saturated carbocycles. The summed E-state index contributed by atoms with van der Waals surface area (Å²) in [5.74, 6) is -0.482. The molecule has 0 aromatic heterocycles. The van der Waals surface area contributed by atoms with E-state index in [1.165, 1.54) is 7.11 Å². The average molecular weight is 236 g/mol. The maximum atomic E-state index is 11.6. The number of amides is 2. The maximum absolute atomic E-state index is 11.6. The SMILES string of the molecule is COC(=O)[C@H](C)NC(=O)Nc1ccccc1C. The van der Waals surface area contributed by atoms with Crippen LogP contribution in [0.25, 0.3) is 0 Å². The molecule has 1 rings (SSSR count). The third-order valence-corrected chi connectivity index (χ3v) is 2.30. The first kappa shape index (κ1) is 13.0. The lowest BCUT2D eigenvalue weighted by Gasteiger charge is -2.13. The van der Waals surface area contributed by atoms with Gasteiger partial charge in [0.2, 0.25) is 0 Å². The first-order valence-electron chi connectivity index (χ1n) is 5.25. The number of hydrogen-bond acceptors (Lipinski definition) is 3. The minimum atomic E-state index is -0.677. The minimum Gasteiger partial charge on any atom is -0.467 e. The van der Waals surface area contributed by atoms with Crippen LogP contribution in [0.15, 0.2) is 24.3 Å².